The largest absolute Gasteiger partial charge is 0.320 e. The monoisotopic (exact) mass is 350 g/mol. The van der Waals surface area contributed by atoms with Crippen LogP contribution in [0.2, 0.25) is 0 Å². The van der Waals surface area contributed by atoms with Gasteiger partial charge in [-0.3, -0.25) is 4.79 Å². The summed E-state index contributed by atoms with van der Waals surface area (Å²) >= 11 is 5.19. The van der Waals surface area contributed by atoms with Gasteiger partial charge in [0.1, 0.15) is 0 Å². The molecule has 1 amide bonds. The highest BCUT2D eigenvalue weighted by atomic mass is 79.9. The number of nitrogens with zero attached hydrogens (tertiary/aromatic N) is 1. The van der Waals surface area contributed by atoms with Gasteiger partial charge in [0.15, 0.2) is 0 Å². The Kier molecular flexibility index (Phi) is 3.67. The van der Waals surface area contributed by atoms with Gasteiger partial charge in [0.05, 0.1) is 6.04 Å². The summed E-state index contributed by atoms with van der Waals surface area (Å²) in [5.74, 6) is 0.176. The number of fused-ring (bicyclic) bond motifs is 1. The lowest BCUT2D eigenvalue weighted by Crippen LogP contribution is -2.31. The third-order valence-corrected chi connectivity index (χ3v) is 5.69. The van der Waals surface area contributed by atoms with Crippen LogP contribution in [0.15, 0.2) is 34.1 Å². The van der Waals surface area contributed by atoms with Gasteiger partial charge < -0.3 is 10.6 Å². The van der Waals surface area contributed by atoms with Crippen molar-refractivity contribution in [2.24, 2.45) is 5.73 Å². The molecule has 1 aliphatic heterocycles. The fraction of sp³-hybridized carbons (Fsp3) is 0.267. The van der Waals surface area contributed by atoms with E-state index >= 15 is 0 Å². The second kappa shape index (κ2) is 5.31. The molecule has 0 radical (unpaired) electrons. The van der Waals surface area contributed by atoms with Crippen LogP contribution in [0.5, 0.6) is 0 Å². The normalized spacial score (nSPS) is 16.1. The number of rotatable bonds is 2. The number of thiophene rings is 1. The molecule has 0 fully saturated rings. The molecule has 5 heteroatoms. The van der Waals surface area contributed by atoms with Crippen LogP contribution >= 0.6 is 27.3 Å². The minimum absolute atomic E-state index is 0.127. The first kappa shape index (κ1) is 13.8. The van der Waals surface area contributed by atoms with Gasteiger partial charge in [-0.05, 0) is 51.0 Å². The SMILES string of the molecule is CN1C(=O)CCc2cc(C(N)c3sccc3Br)ccc21. The van der Waals surface area contributed by atoms with Crippen LogP contribution in [0.25, 0.3) is 0 Å². The number of anilines is 1. The van der Waals surface area contributed by atoms with E-state index in [1.54, 1.807) is 16.2 Å². The average Bonchev–Trinajstić information content (AvgIpc) is 2.88. The van der Waals surface area contributed by atoms with Crippen molar-refractivity contribution in [2.45, 2.75) is 18.9 Å². The number of halogens is 1. The minimum atomic E-state index is -0.127. The zero-order chi connectivity index (χ0) is 14.3. The molecule has 1 aliphatic rings. The molecule has 0 spiro atoms. The van der Waals surface area contributed by atoms with Gasteiger partial charge in [0, 0.05) is 28.5 Å². The molecule has 1 aromatic heterocycles. The molecule has 1 unspecified atom stereocenters. The summed E-state index contributed by atoms with van der Waals surface area (Å²) in [5, 5.41) is 2.03. The maximum absolute atomic E-state index is 11.7. The Labute approximate surface area is 130 Å². The highest BCUT2D eigenvalue weighted by molar-refractivity contribution is 9.10. The van der Waals surface area contributed by atoms with Gasteiger partial charge in [-0.25, -0.2) is 0 Å². The van der Waals surface area contributed by atoms with Gasteiger partial charge in [-0.2, -0.15) is 0 Å². The first-order chi connectivity index (χ1) is 9.58. The zero-order valence-corrected chi connectivity index (χ0v) is 13.5. The fourth-order valence-electron chi connectivity index (χ4n) is 2.55. The van der Waals surface area contributed by atoms with E-state index in [2.05, 4.69) is 22.0 Å². The summed E-state index contributed by atoms with van der Waals surface area (Å²) in [5.41, 5.74) is 9.65. The molecule has 2 N–H and O–H groups in total. The van der Waals surface area contributed by atoms with Gasteiger partial charge >= 0.3 is 0 Å². The fourth-order valence-corrected chi connectivity index (χ4v) is 4.20. The topological polar surface area (TPSA) is 46.3 Å². The molecule has 0 aliphatic carbocycles. The first-order valence-corrected chi connectivity index (χ1v) is 8.13. The van der Waals surface area contributed by atoms with Crippen molar-refractivity contribution in [3.63, 3.8) is 0 Å². The van der Waals surface area contributed by atoms with E-state index in [4.69, 9.17) is 5.73 Å². The van der Waals surface area contributed by atoms with E-state index in [0.29, 0.717) is 6.42 Å². The molecule has 104 valence electrons. The smallest absolute Gasteiger partial charge is 0.227 e. The van der Waals surface area contributed by atoms with E-state index in [-0.39, 0.29) is 11.9 Å². The number of carbonyl (C=O) groups is 1. The maximum atomic E-state index is 11.7. The molecular formula is C15H15BrN2OS. The van der Waals surface area contributed by atoms with E-state index in [0.717, 1.165) is 27.0 Å². The Morgan fingerprint density at radius 2 is 2.15 bits per heavy atom. The molecule has 0 saturated heterocycles. The third kappa shape index (κ3) is 2.30. The highest BCUT2D eigenvalue weighted by Gasteiger charge is 2.22. The second-order valence-corrected chi connectivity index (χ2v) is 6.75. The van der Waals surface area contributed by atoms with Gasteiger partial charge in [-0.15, -0.1) is 11.3 Å². The molecule has 2 heterocycles. The third-order valence-electron chi connectivity index (χ3n) is 3.73. The Morgan fingerprint density at radius 1 is 1.35 bits per heavy atom. The van der Waals surface area contributed by atoms with Crippen LogP contribution in [0.1, 0.15) is 28.5 Å². The number of hydrogen-bond acceptors (Lipinski definition) is 3. The molecule has 0 saturated carbocycles. The van der Waals surface area contributed by atoms with Crippen LogP contribution in [0, 0.1) is 0 Å². The first-order valence-electron chi connectivity index (χ1n) is 6.46. The van der Waals surface area contributed by atoms with Gasteiger partial charge in [0.2, 0.25) is 5.91 Å². The van der Waals surface area contributed by atoms with Crippen molar-refractivity contribution in [3.05, 3.63) is 50.1 Å². The van der Waals surface area contributed by atoms with Crippen LogP contribution in [0.4, 0.5) is 5.69 Å². The van der Waals surface area contributed by atoms with Crippen molar-refractivity contribution < 1.29 is 4.79 Å². The van der Waals surface area contributed by atoms with Crippen molar-refractivity contribution in [3.8, 4) is 0 Å². The number of carbonyl (C=O) groups excluding carboxylic acids is 1. The van der Waals surface area contributed by atoms with Crippen molar-refractivity contribution >= 4 is 38.9 Å². The van der Waals surface area contributed by atoms with Crippen molar-refractivity contribution in [2.75, 3.05) is 11.9 Å². The molecular weight excluding hydrogens is 336 g/mol. The van der Waals surface area contributed by atoms with E-state index in [1.165, 1.54) is 5.56 Å². The second-order valence-electron chi connectivity index (χ2n) is 4.95. The number of benzene rings is 1. The van der Waals surface area contributed by atoms with E-state index in [9.17, 15) is 4.79 Å². The molecule has 20 heavy (non-hydrogen) atoms. The zero-order valence-electron chi connectivity index (χ0n) is 11.1. The van der Waals surface area contributed by atoms with Crippen LogP contribution < -0.4 is 10.6 Å². The lowest BCUT2D eigenvalue weighted by molar-refractivity contribution is -0.118. The van der Waals surface area contributed by atoms with Crippen molar-refractivity contribution in [1.82, 2.24) is 0 Å². The predicted octanol–water partition coefficient (Wildman–Crippen LogP) is 3.47. The van der Waals surface area contributed by atoms with E-state index < -0.39 is 0 Å². The van der Waals surface area contributed by atoms with Crippen molar-refractivity contribution in [1.29, 1.82) is 0 Å². The minimum Gasteiger partial charge on any atom is -0.320 e. The standard InChI is InChI=1S/C15H15BrN2OS/c1-18-12-4-2-10(8-9(12)3-5-13(18)19)14(17)15-11(16)6-7-20-15/h2,4,6-8,14H,3,5,17H2,1H3. The Morgan fingerprint density at radius 3 is 2.85 bits per heavy atom. The molecule has 1 atom stereocenters. The predicted molar refractivity (Wildman–Crippen MR) is 86.2 cm³/mol. The Hall–Kier alpha value is -1.17. The summed E-state index contributed by atoms with van der Waals surface area (Å²) < 4.78 is 1.06. The van der Waals surface area contributed by atoms with E-state index in [1.807, 2.05) is 30.6 Å². The Balaban J connectivity index is 1.97. The van der Waals surface area contributed by atoms with Crippen LogP contribution in [-0.2, 0) is 11.2 Å². The lowest BCUT2D eigenvalue weighted by Gasteiger charge is -2.26. The van der Waals surface area contributed by atoms with Gasteiger partial charge in [0.25, 0.3) is 0 Å². The number of nitrogens with two attached hydrogens (primary N) is 1. The number of aryl methyl sites for hydroxylation is 1. The Bertz CT molecular complexity index is 668. The van der Waals surface area contributed by atoms with Crippen LogP contribution in [-0.4, -0.2) is 13.0 Å². The summed E-state index contributed by atoms with van der Waals surface area (Å²) in [4.78, 5) is 14.6. The summed E-state index contributed by atoms with van der Waals surface area (Å²) in [6.07, 6.45) is 1.37. The van der Waals surface area contributed by atoms with Gasteiger partial charge in [-0.1, -0.05) is 12.1 Å². The lowest BCUT2D eigenvalue weighted by atomic mass is 9.96. The summed E-state index contributed by atoms with van der Waals surface area (Å²) in [7, 11) is 1.83. The summed E-state index contributed by atoms with van der Waals surface area (Å²) in [6, 6.07) is 8.05. The average molecular weight is 351 g/mol. The molecule has 2 aromatic rings. The maximum Gasteiger partial charge on any atom is 0.227 e. The molecule has 3 nitrogen and oxygen atoms in total. The molecule has 0 bridgehead atoms. The summed E-state index contributed by atoms with van der Waals surface area (Å²) in [6.45, 7) is 0. The molecule has 1 aromatic carbocycles. The quantitative estimate of drug-likeness (QED) is 0.901. The highest BCUT2D eigenvalue weighted by Crippen LogP contribution is 2.34. The molecule has 3 rings (SSSR count). The van der Waals surface area contributed by atoms with Crippen LogP contribution in [0.3, 0.4) is 0 Å². The number of amides is 1. The number of hydrogen-bond donors (Lipinski definition) is 1.